The monoisotopic (exact) mass is 400 g/mol. The summed E-state index contributed by atoms with van der Waals surface area (Å²) in [6.07, 6.45) is 4.42. The maximum absolute atomic E-state index is 13.0. The first-order chi connectivity index (χ1) is 12.6. The minimum atomic E-state index is -0.445. The molecule has 1 amide bonds. The Hall–Kier alpha value is -1.15. The lowest BCUT2D eigenvalue weighted by molar-refractivity contribution is -0.132. The van der Waals surface area contributed by atoms with Crippen LogP contribution in [0.4, 0.5) is 0 Å². The van der Waals surface area contributed by atoms with E-state index in [0.717, 1.165) is 56.8 Å². The van der Waals surface area contributed by atoms with E-state index in [4.69, 9.17) is 9.26 Å². The topological polar surface area (TPSA) is 79.6 Å². The van der Waals surface area contributed by atoms with Crippen LogP contribution in [0.2, 0.25) is 0 Å². The van der Waals surface area contributed by atoms with Crippen LogP contribution in [-0.2, 0) is 16.0 Å². The summed E-state index contributed by atoms with van der Waals surface area (Å²) in [6.45, 7) is 4.84. The average molecular weight is 401 g/mol. The van der Waals surface area contributed by atoms with Gasteiger partial charge < -0.3 is 24.8 Å². The summed E-state index contributed by atoms with van der Waals surface area (Å²) in [7, 11) is 4.09. The Kier molecular flexibility index (Phi) is 8.54. The Labute approximate surface area is 168 Å². The molecular formula is C19H33ClN4O3. The van der Waals surface area contributed by atoms with Crippen LogP contribution >= 0.6 is 12.4 Å². The molecule has 154 valence electrons. The molecule has 0 saturated carbocycles. The van der Waals surface area contributed by atoms with Crippen LogP contribution in [0.3, 0.4) is 0 Å². The molecule has 1 aromatic heterocycles. The van der Waals surface area contributed by atoms with Crippen LogP contribution in [0.25, 0.3) is 0 Å². The van der Waals surface area contributed by atoms with E-state index in [1.54, 1.807) is 0 Å². The van der Waals surface area contributed by atoms with Crippen LogP contribution in [0.1, 0.15) is 43.1 Å². The summed E-state index contributed by atoms with van der Waals surface area (Å²) in [5.41, 5.74) is 0.516. The van der Waals surface area contributed by atoms with Crippen molar-refractivity contribution < 1.29 is 14.1 Å². The van der Waals surface area contributed by atoms with Crippen molar-refractivity contribution in [2.24, 2.45) is 5.41 Å². The number of aromatic nitrogens is 1. The van der Waals surface area contributed by atoms with Gasteiger partial charge in [0.2, 0.25) is 5.91 Å². The van der Waals surface area contributed by atoms with Gasteiger partial charge in [-0.2, -0.15) is 0 Å². The highest BCUT2D eigenvalue weighted by Crippen LogP contribution is 2.33. The molecule has 2 aliphatic rings. The van der Waals surface area contributed by atoms with E-state index in [1.807, 2.05) is 20.2 Å². The van der Waals surface area contributed by atoms with Crippen molar-refractivity contribution in [1.29, 1.82) is 0 Å². The van der Waals surface area contributed by atoms with Crippen LogP contribution in [-0.4, -0.2) is 69.5 Å². The van der Waals surface area contributed by atoms with Crippen molar-refractivity contribution in [3.8, 4) is 0 Å². The molecule has 2 unspecified atom stereocenters. The molecule has 3 rings (SSSR count). The summed E-state index contributed by atoms with van der Waals surface area (Å²) >= 11 is 0. The summed E-state index contributed by atoms with van der Waals surface area (Å²) in [4.78, 5) is 15.1. The Morgan fingerprint density at radius 3 is 3.00 bits per heavy atom. The third-order valence-electron chi connectivity index (χ3n) is 5.46. The van der Waals surface area contributed by atoms with Crippen LogP contribution < -0.4 is 10.6 Å². The van der Waals surface area contributed by atoms with Gasteiger partial charge in [-0.1, -0.05) is 5.16 Å². The number of halogens is 1. The third kappa shape index (κ3) is 5.91. The fourth-order valence-electron chi connectivity index (χ4n) is 3.88. The van der Waals surface area contributed by atoms with Crippen molar-refractivity contribution in [1.82, 2.24) is 20.7 Å². The van der Waals surface area contributed by atoms with Crippen molar-refractivity contribution >= 4 is 18.3 Å². The molecule has 3 heterocycles. The van der Waals surface area contributed by atoms with E-state index >= 15 is 0 Å². The van der Waals surface area contributed by atoms with Gasteiger partial charge >= 0.3 is 0 Å². The zero-order valence-corrected chi connectivity index (χ0v) is 17.3. The van der Waals surface area contributed by atoms with Gasteiger partial charge in [0.05, 0.1) is 17.7 Å². The molecule has 2 atom stereocenters. The molecule has 7 nitrogen and oxygen atoms in total. The second-order valence-electron chi connectivity index (χ2n) is 7.93. The maximum Gasteiger partial charge on any atom is 0.227 e. The van der Waals surface area contributed by atoms with Gasteiger partial charge in [-0.15, -0.1) is 12.4 Å². The number of nitrogens with one attached hydrogen (secondary N) is 2. The molecule has 2 aliphatic heterocycles. The number of piperidine rings is 1. The maximum atomic E-state index is 13.0. The SMILES string of the molecule is CN(C)CCCNC(=O)C1(Cc2cc(C3CCOC3)no2)CCCNC1.Cl. The van der Waals surface area contributed by atoms with Crippen molar-refractivity contribution in [3.63, 3.8) is 0 Å². The third-order valence-corrected chi connectivity index (χ3v) is 5.46. The van der Waals surface area contributed by atoms with Crippen LogP contribution in [0, 0.1) is 5.41 Å². The number of hydrogen-bond acceptors (Lipinski definition) is 6. The normalized spacial score (nSPS) is 25.4. The van der Waals surface area contributed by atoms with Gasteiger partial charge in [-0.25, -0.2) is 0 Å². The predicted octanol–water partition coefficient (Wildman–Crippen LogP) is 1.58. The predicted molar refractivity (Wildman–Crippen MR) is 106 cm³/mol. The molecule has 0 spiro atoms. The first kappa shape index (κ1) is 22.1. The van der Waals surface area contributed by atoms with Crippen LogP contribution in [0.15, 0.2) is 10.6 Å². The van der Waals surface area contributed by atoms with E-state index in [9.17, 15) is 4.79 Å². The number of carbonyl (C=O) groups excluding carboxylic acids is 1. The zero-order chi connectivity index (χ0) is 18.4. The number of nitrogens with zero attached hydrogens (tertiary/aromatic N) is 2. The highest BCUT2D eigenvalue weighted by atomic mass is 35.5. The summed E-state index contributed by atoms with van der Waals surface area (Å²) in [5.74, 6) is 1.26. The standard InChI is InChI=1S/C19H32N4O3.ClH/c1-23(2)9-4-8-21-18(24)19(6-3-7-20-14-19)12-16-11-17(22-26-16)15-5-10-25-13-15;/h11,15,20H,3-10,12-14H2,1-2H3,(H,21,24);1H. The van der Waals surface area contributed by atoms with E-state index in [1.165, 1.54) is 0 Å². The number of rotatable bonds is 8. The molecule has 8 heteroatoms. The van der Waals surface area contributed by atoms with E-state index < -0.39 is 5.41 Å². The fourth-order valence-corrected chi connectivity index (χ4v) is 3.88. The van der Waals surface area contributed by atoms with E-state index in [0.29, 0.717) is 32.0 Å². The molecular weight excluding hydrogens is 368 g/mol. The molecule has 2 saturated heterocycles. The second-order valence-corrected chi connectivity index (χ2v) is 7.93. The summed E-state index contributed by atoms with van der Waals surface area (Å²) in [6, 6.07) is 2.02. The number of carbonyl (C=O) groups is 1. The molecule has 0 radical (unpaired) electrons. The van der Waals surface area contributed by atoms with Gasteiger partial charge in [0.15, 0.2) is 0 Å². The molecule has 2 N–H and O–H groups in total. The van der Waals surface area contributed by atoms with Gasteiger partial charge in [0.1, 0.15) is 5.76 Å². The zero-order valence-electron chi connectivity index (χ0n) is 16.5. The quantitative estimate of drug-likeness (QED) is 0.645. The number of hydrogen-bond donors (Lipinski definition) is 2. The molecule has 0 aliphatic carbocycles. The lowest BCUT2D eigenvalue weighted by Gasteiger charge is -2.35. The Bertz CT molecular complexity index is 581. The smallest absolute Gasteiger partial charge is 0.227 e. The molecule has 0 bridgehead atoms. The molecule has 0 aromatic carbocycles. The van der Waals surface area contributed by atoms with Gasteiger partial charge in [0, 0.05) is 38.1 Å². The fraction of sp³-hybridized carbons (Fsp3) is 0.789. The van der Waals surface area contributed by atoms with E-state index in [2.05, 4.69) is 20.7 Å². The lowest BCUT2D eigenvalue weighted by atomic mass is 9.76. The van der Waals surface area contributed by atoms with Crippen LogP contribution in [0.5, 0.6) is 0 Å². The Balaban J connectivity index is 0.00000261. The van der Waals surface area contributed by atoms with Crippen molar-refractivity contribution in [2.75, 3.05) is 53.5 Å². The first-order valence-electron chi connectivity index (χ1n) is 9.76. The minimum absolute atomic E-state index is 0. The molecule has 27 heavy (non-hydrogen) atoms. The van der Waals surface area contributed by atoms with Gasteiger partial charge in [-0.3, -0.25) is 4.79 Å². The first-order valence-corrected chi connectivity index (χ1v) is 9.76. The van der Waals surface area contributed by atoms with E-state index in [-0.39, 0.29) is 18.3 Å². The number of ether oxygens (including phenoxy) is 1. The second kappa shape index (κ2) is 10.4. The highest BCUT2D eigenvalue weighted by Gasteiger charge is 2.40. The average Bonchev–Trinajstić information content (AvgIpc) is 3.30. The molecule has 1 aromatic rings. The van der Waals surface area contributed by atoms with Gasteiger partial charge in [-0.05, 0) is 52.9 Å². The largest absolute Gasteiger partial charge is 0.381 e. The van der Waals surface area contributed by atoms with Crippen molar-refractivity contribution in [3.05, 3.63) is 17.5 Å². The van der Waals surface area contributed by atoms with Crippen molar-refractivity contribution in [2.45, 2.75) is 38.0 Å². The lowest BCUT2D eigenvalue weighted by Crippen LogP contribution is -2.52. The summed E-state index contributed by atoms with van der Waals surface area (Å²) < 4.78 is 11.0. The molecule has 2 fully saturated rings. The Morgan fingerprint density at radius 2 is 2.33 bits per heavy atom. The number of amides is 1. The van der Waals surface area contributed by atoms with Gasteiger partial charge in [0.25, 0.3) is 0 Å². The highest BCUT2D eigenvalue weighted by molar-refractivity contribution is 5.85. The Morgan fingerprint density at radius 1 is 1.48 bits per heavy atom. The summed E-state index contributed by atoms with van der Waals surface area (Å²) in [5, 5.41) is 10.8. The minimum Gasteiger partial charge on any atom is -0.381 e.